The average Bonchev–Trinajstić information content (AvgIpc) is 2.48. The lowest BCUT2D eigenvalue weighted by atomic mass is 9.96. The Hall–Kier alpha value is -1.52. The number of aromatic hydroxyl groups is 1. The predicted molar refractivity (Wildman–Crippen MR) is 85.9 cm³/mol. The van der Waals surface area contributed by atoms with E-state index in [2.05, 4.69) is 16.8 Å². The number of benzene rings is 1. The topological polar surface area (TPSA) is 44.7 Å². The number of para-hydroxylation sites is 1. The van der Waals surface area contributed by atoms with Crippen LogP contribution in [-0.4, -0.2) is 42.8 Å². The van der Waals surface area contributed by atoms with Crippen LogP contribution in [0.3, 0.4) is 0 Å². The standard InChI is InChI=1S/C17H26N2O2/c1-4-21-16-7-5-6-14(17(16)20)15(12-13(2)3)19-10-8-18-9-11-19/h5-7,15,18,20H,2,4,8-12H2,1,3H3/t15-/m1/s1. The van der Waals surface area contributed by atoms with Crippen LogP contribution in [0.15, 0.2) is 30.4 Å². The molecule has 2 rings (SSSR count). The molecule has 1 aromatic rings. The number of hydrogen-bond donors (Lipinski definition) is 2. The molecule has 116 valence electrons. The second kappa shape index (κ2) is 7.48. The summed E-state index contributed by atoms with van der Waals surface area (Å²) in [7, 11) is 0. The Bertz CT molecular complexity index is 482. The molecule has 0 aliphatic carbocycles. The fourth-order valence-corrected chi connectivity index (χ4v) is 2.84. The lowest BCUT2D eigenvalue weighted by molar-refractivity contribution is 0.169. The lowest BCUT2D eigenvalue weighted by Crippen LogP contribution is -2.45. The minimum Gasteiger partial charge on any atom is -0.504 e. The zero-order valence-corrected chi connectivity index (χ0v) is 13.1. The van der Waals surface area contributed by atoms with Crippen molar-refractivity contribution in [1.82, 2.24) is 10.2 Å². The van der Waals surface area contributed by atoms with Crippen LogP contribution in [0.25, 0.3) is 0 Å². The summed E-state index contributed by atoms with van der Waals surface area (Å²) in [5, 5.41) is 13.9. The SMILES string of the molecule is C=C(C)C[C@H](c1cccc(OCC)c1O)N1CCNCC1. The fourth-order valence-electron chi connectivity index (χ4n) is 2.84. The molecule has 0 amide bonds. The van der Waals surface area contributed by atoms with Gasteiger partial charge in [0.25, 0.3) is 0 Å². The largest absolute Gasteiger partial charge is 0.504 e. The van der Waals surface area contributed by atoms with Gasteiger partial charge in [0.05, 0.1) is 6.61 Å². The van der Waals surface area contributed by atoms with Crippen molar-refractivity contribution in [2.75, 3.05) is 32.8 Å². The van der Waals surface area contributed by atoms with Gasteiger partial charge >= 0.3 is 0 Å². The molecule has 4 nitrogen and oxygen atoms in total. The van der Waals surface area contributed by atoms with Crippen molar-refractivity contribution in [1.29, 1.82) is 0 Å². The van der Waals surface area contributed by atoms with E-state index in [1.807, 2.05) is 32.0 Å². The molecule has 0 bridgehead atoms. The van der Waals surface area contributed by atoms with Gasteiger partial charge in [-0.3, -0.25) is 4.90 Å². The molecule has 1 saturated heterocycles. The monoisotopic (exact) mass is 290 g/mol. The Morgan fingerprint density at radius 2 is 2.14 bits per heavy atom. The average molecular weight is 290 g/mol. The molecule has 0 unspecified atom stereocenters. The third-order valence-electron chi connectivity index (χ3n) is 3.82. The maximum absolute atomic E-state index is 10.5. The lowest BCUT2D eigenvalue weighted by Gasteiger charge is -2.35. The number of nitrogens with zero attached hydrogens (tertiary/aromatic N) is 1. The smallest absolute Gasteiger partial charge is 0.162 e. The molecule has 0 aromatic heterocycles. The molecule has 0 saturated carbocycles. The summed E-state index contributed by atoms with van der Waals surface area (Å²) in [6.07, 6.45) is 0.850. The highest BCUT2D eigenvalue weighted by Crippen LogP contribution is 2.38. The first kappa shape index (κ1) is 15.9. The quantitative estimate of drug-likeness (QED) is 0.791. The maximum atomic E-state index is 10.5. The van der Waals surface area contributed by atoms with E-state index in [0.29, 0.717) is 12.4 Å². The van der Waals surface area contributed by atoms with Crippen molar-refractivity contribution in [2.24, 2.45) is 0 Å². The van der Waals surface area contributed by atoms with Gasteiger partial charge in [-0.1, -0.05) is 17.7 Å². The van der Waals surface area contributed by atoms with Crippen molar-refractivity contribution in [3.8, 4) is 11.5 Å². The van der Waals surface area contributed by atoms with Gasteiger partial charge in [0.15, 0.2) is 11.5 Å². The molecule has 1 aliphatic heterocycles. The number of nitrogens with one attached hydrogen (secondary N) is 1. The van der Waals surface area contributed by atoms with Crippen molar-refractivity contribution in [3.05, 3.63) is 35.9 Å². The van der Waals surface area contributed by atoms with E-state index in [1.165, 1.54) is 0 Å². The molecule has 2 N–H and O–H groups in total. The Balaban J connectivity index is 2.31. The molecule has 1 fully saturated rings. The first-order valence-corrected chi connectivity index (χ1v) is 7.67. The highest BCUT2D eigenvalue weighted by molar-refractivity contribution is 5.47. The highest BCUT2D eigenvalue weighted by Gasteiger charge is 2.25. The van der Waals surface area contributed by atoms with E-state index >= 15 is 0 Å². The predicted octanol–water partition coefficient (Wildman–Crippen LogP) is 2.70. The van der Waals surface area contributed by atoms with Gasteiger partial charge in [-0.05, 0) is 26.3 Å². The molecular formula is C17H26N2O2. The van der Waals surface area contributed by atoms with Crippen molar-refractivity contribution >= 4 is 0 Å². The van der Waals surface area contributed by atoms with Gasteiger partial charge in [-0.25, -0.2) is 0 Å². The van der Waals surface area contributed by atoms with E-state index in [1.54, 1.807) is 0 Å². The number of hydrogen-bond acceptors (Lipinski definition) is 4. The van der Waals surface area contributed by atoms with Crippen LogP contribution in [0.2, 0.25) is 0 Å². The minimum absolute atomic E-state index is 0.157. The van der Waals surface area contributed by atoms with Crippen molar-refractivity contribution in [2.45, 2.75) is 26.3 Å². The Labute approximate surface area is 127 Å². The molecular weight excluding hydrogens is 264 g/mol. The third-order valence-corrected chi connectivity index (χ3v) is 3.82. The van der Waals surface area contributed by atoms with Crippen molar-refractivity contribution in [3.63, 3.8) is 0 Å². The van der Waals surface area contributed by atoms with E-state index < -0.39 is 0 Å². The third kappa shape index (κ3) is 3.99. The second-order valence-corrected chi connectivity index (χ2v) is 5.59. The number of piperazine rings is 1. The van der Waals surface area contributed by atoms with Crippen LogP contribution in [0.5, 0.6) is 11.5 Å². The molecule has 0 radical (unpaired) electrons. The number of phenols is 1. The second-order valence-electron chi connectivity index (χ2n) is 5.59. The Morgan fingerprint density at radius 3 is 2.76 bits per heavy atom. The van der Waals surface area contributed by atoms with E-state index in [-0.39, 0.29) is 11.8 Å². The van der Waals surface area contributed by atoms with Gasteiger partial charge in [-0.15, -0.1) is 6.58 Å². The first-order valence-electron chi connectivity index (χ1n) is 7.67. The summed E-state index contributed by atoms with van der Waals surface area (Å²) < 4.78 is 5.52. The summed E-state index contributed by atoms with van der Waals surface area (Å²) in [5.74, 6) is 0.834. The maximum Gasteiger partial charge on any atom is 0.162 e. The van der Waals surface area contributed by atoms with Crippen LogP contribution in [-0.2, 0) is 0 Å². The van der Waals surface area contributed by atoms with Gasteiger partial charge in [0.2, 0.25) is 0 Å². The van der Waals surface area contributed by atoms with Crippen LogP contribution in [0, 0.1) is 0 Å². The summed E-state index contributed by atoms with van der Waals surface area (Å²) in [4.78, 5) is 2.41. The van der Waals surface area contributed by atoms with Crippen LogP contribution < -0.4 is 10.1 Å². The van der Waals surface area contributed by atoms with E-state index in [9.17, 15) is 5.11 Å². The summed E-state index contributed by atoms with van der Waals surface area (Å²) in [6.45, 7) is 12.5. The number of ether oxygens (including phenoxy) is 1. The molecule has 1 atom stereocenters. The van der Waals surface area contributed by atoms with Gasteiger partial charge in [0.1, 0.15) is 0 Å². The summed E-state index contributed by atoms with van der Waals surface area (Å²) >= 11 is 0. The zero-order chi connectivity index (χ0) is 15.2. The normalized spacial score (nSPS) is 17.4. The Morgan fingerprint density at radius 1 is 1.43 bits per heavy atom. The van der Waals surface area contributed by atoms with E-state index in [0.717, 1.165) is 43.7 Å². The molecule has 1 aromatic carbocycles. The van der Waals surface area contributed by atoms with E-state index in [4.69, 9.17) is 4.74 Å². The molecule has 4 heteroatoms. The minimum atomic E-state index is 0.157. The van der Waals surface area contributed by atoms with Gasteiger partial charge in [-0.2, -0.15) is 0 Å². The van der Waals surface area contributed by atoms with Gasteiger partial charge in [0, 0.05) is 37.8 Å². The molecule has 21 heavy (non-hydrogen) atoms. The van der Waals surface area contributed by atoms with Crippen molar-refractivity contribution < 1.29 is 9.84 Å². The molecule has 1 heterocycles. The molecule has 0 spiro atoms. The van der Waals surface area contributed by atoms with Crippen LogP contribution in [0.4, 0.5) is 0 Å². The Kier molecular flexibility index (Phi) is 5.65. The number of rotatable bonds is 6. The fraction of sp³-hybridized carbons (Fsp3) is 0.529. The first-order chi connectivity index (χ1) is 10.1. The number of phenolic OH excluding ortho intramolecular Hbond substituents is 1. The van der Waals surface area contributed by atoms with Gasteiger partial charge < -0.3 is 15.2 Å². The van der Waals surface area contributed by atoms with Crippen LogP contribution in [0.1, 0.15) is 31.9 Å². The summed E-state index contributed by atoms with van der Waals surface area (Å²) in [5.41, 5.74) is 2.06. The summed E-state index contributed by atoms with van der Waals surface area (Å²) in [6, 6.07) is 5.92. The zero-order valence-electron chi connectivity index (χ0n) is 13.1. The molecule has 1 aliphatic rings. The van der Waals surface area contributed by atoms with Crippen LogP contribution >= 0.6 is 0 Å². The highest BCUT2D eigenvalue weighted by atomic mass is 16.5.